The number of ketones is 1. The summed E-state index contributed by atoms with van der Waals surface area (Å²) >= 11 is 0. The molecule has 0 spiro atoms. The second-order valence-corrected chi connectivity index (χ2v) is 6.62. The number of hydrogen-bond donors (Lipinski definition) is 0. The maximum atomic E-state index is 13.1. The van der Waals surface area contributed by atoms with E-state index in [-0.39, 0.29) is 5.78 Å². The molecule has 2 aromatic carbocycles. The molecular formula is C22H25NO3. The molecule has 0 atom stereocenters. The number of nitrogens with zero attached hydrogens (tertiary/aromatic N) is 1. The molecule has 0 bridgehead atoms. The Morgan fingerprint density at radius 3 is 2.46 bits per heavy atom. The van der Waals surface area contributed by atoms with Gasteiger partial charge in [-0.05, 0) is 50.6 Å². The van der Waals surface area contributed by atoms with Gasteiger partial charge in [0.1, 0.15) is 0 Å². The van der Waals surface area contributed by atoms with Crippen LogP contribution in [0.3, 0.4) is 0 Å². The smallest absolute Gasteiger partial charge is 0.338 e. The maximum absolute atomic E-state index is 13.1. The molecule has 1 aliphatic heterocycles. The first-order valence-corrected chi connectivity index (χ1v) is 9.31. The van der Waals surface area contributed by atoms with Crippen LogP contribution in [-0.4, -0.2) is 36.3 Å². The number of hydrogen-bond acceptors (Lipinski definition) is 4. The molecule has 0 aliphatic carbocycles. The second kappa shape index (κ2) is 8.77. The molecule has 3 rings (SSSR count). The van der Waals surface area contributed by atoms with Crippen molar-refractivity contribution in [2.24, 2.45) is 0 Å². The summed E-state index contributed by atoms with van der Waals surface area (Å²) in [6.45, 7) is 5.04. The molecule has 0 saturated carbocycles. The number of likely N-dealkylation sites (tertiary alicyclic amines) is 1. The van der Waals surface area contributed by atoms with Crippen molar-refractivity contribution in [3.05, 3.63) is 70.8 Å². The van der Waals surface area contributed by atoms with Crippen molar-refractivity contribution in [3.63, 3.8) is 0 Å². The van der Waals surface area contributed by atoms with E-state index in [2.05, 4.69) is 4.90 Å². The molecule has 0 radical (unpaired) electrons. The summed E-state index contributed by atoms with van der Waals surface area (Å²) in [7, 11) is 0. The van der Waals surface area contributed by atoms with Gasteiger partial charge in [-0.3, -0.25) is 9.69 Å². The first kappa shape index (κ1) is 18.3. The Morgan fingerprint density at radius 1 is 0.962 bits per heavy atom. The highest BCUT2D eigenvalue weighted by atomic mass is 16.5. The highest BCUT2D eigenvalue weighted by Gasteiger charge is 2.18. The first-order valence-electron chi connectivity index (χ1n) is 9.31. The molecule has 136 valence electrons. The van der Waals surface area contributed by atoms with Gasteiger partial charge in [0.05, 0.1) is 12.2 Å². The lowest BCUT2D eigenvalue weighted by Crippen LogP contribution is -2.29. The molecule has 0 unspecified atom stereocenters. The number of esters is 1. The highest BCUT2D eigenvalue weighted by molar-refractivity contribution is 6.10. The van der Waals surface area contributed by atoms with E-state index < -0.39 is 5.97 Å². The zero-order valence-electron chi connectivity index (χ0n) is 15.2. The van der Waals surface area contributed by atoms with Crippen LogP contribution in [0.1, 0.15) is 58.0 Å². The lowest BCUT2D eigenvalue weighted by Gasteiger charge is -2.27. The maximum Gasteiger partial charge on any atom is 0.338 e. The van der Waals surface area contributed by atoms with Crippen molar-refractivity contribution >= 4 is 11.8 Å². The largest absolute Gasteiger partial charge is 0.462 e. The fourth-order valence-electron chi connectivity index (χ4n) is 3.40. The molecule has 1 saturated heterocycles. The van der Waals surface area contributed by atoms with Gasteiger partial charge in [-0.1, -0.05) is 42.8 Å². The second-order valence-electron chi connectivity index (χ2n) is 6.62. The molecule has 4 heteroatoms. The predicted molar refractivity (Wildman–Crippen MR) is 101 cm³/mol. The van der Waals surface area contributed by atoms with Gasteiger partial charge in [-0.2, -0.15) is 0 Å². The molecule has 4 nitrogen and oxygen atoms in total. The van der Waals surface area contributed by atoms with Gasteiger partial charge in [0.2, 0.25) is 0 Å². The summed E-state index contributed by atoms with van der Waals surface area (Å²) in [5, 5.41) is 0. The fraction of sp³-hybridized carbons (Fsp3) is 0.364. The number of ether oxygens (including phenoxy) is 1. The van der Waals surface area contributed by atoms with Gasteiger partial charge in [-0.25, -0.2) is 4.79 Å². The summed E-state index contributed by atoms with van der Waals surface area (Å²) in [4.78, 5) is 27.4. The van der Waals surface area contributed by atoms with Crippen molar-refractivity contribution in [3.8, 4) is 0 Å². The predicted octanol–water partition coefficient (Wildman–Crippen LogP) is 4.08. The number of carbonyl (C=O) groups excluding carboxylic acids is 2. The SMILES string of the molecule is CCOC(=O)c1cccc(C(=O)c2ccccc2CN2CCCCC2)c1. The van der Waals surface area contributed by atoms with E-state index in [0.717, 1.165) is 25.2 Å². The molecule has 1 heterocycles. The first-order chi connectivity index (χ1) is 12.7. The third-order valence-corrected chi connectivity index (χ3v) is 4.74. The number of rotatable bonds is 6. The highest BCUT2D eigenvalue weighted by Crippen LogP contribution is 2.20. The van der Waals surface area contributed by atoms with Crippen LogP contribution >= 0.6 is 0 Å². The number of piperidine rings is 1. The van der Waals surface area contributed by atoms with Crippen LogP contribution in [0.4, 0.5) is 0 Å². The number of carbonyl (C=O) groups is 2. The standard InChI is InChI=1S/C22H25NO3/c1-2-26-22(25)18-11-8-10-17(15-18)21(24)20-12-5-4-9-19(20)16-23-13-6-3-7-14-23/h4-5,8-12,15H,2-3,6-7,13-14,16H2,1H3. The van der Waals surface area contributed by atoms with Crippen LogP contribution in [0, 0.1) is 0 Å². The van der Waals surface area contributed by atoms with Crippen LogP contribution < -0.4 is 0 Å². The molecule has 0 amide bonds. The van der Waals surface area contributed by atoms with E-state index >= 15 is 0 Å². The Kier molecular flexibility index (Phi) is 6.18. The summed E-state index contributed by atoms with van der Waals surface area (Å²) in [6, 6.07) is 14.5. The lowest BCUT2D eigenvalue weighted by molar-refractivity contribution is 0.0526. The van der Waals surface area contributed by atoms with E-state index in [1.165, 1.54) is 19.3 Å². The molecule has 1 aliphatic rings. The monoisotopic (exact) mass is 351 g/mol. The molecule has 26 heavy (non-hydrogen) atoms. The van der Waals surface area contributed by atoms with Crippen molar-refractivity contribution in [1.82, 2.24) is 4.90 Å². The van der Waals surface area contributed by atoms with Crippen LogP contribution in [0.15, 0.2) is 48.5 Å². The zero-order valence-corrected chi connectivity index (χ0v) is 15.2. The Balaban J connectivity index is 1.83. The fourth-order valence-corrected chi connectivity index (χ4v) is 3.40. The van der Waals surface area contributed by atoms with E-state index in [4.69, 9.17) is 4.74 Å². The Bertz CT molecular complexity index is 778. The van der Waals surface area contributed by atoms with E-state index in [0.29, 0.717) is 23.3 Å². The van der Waals surface area contributed by atoms with E-state index in [1.807, 2.05) is 24.3 Å². The Morgan fingerprint density at radius 2 is 1.69 bits per heavy atom. The Hall–Kier alpha value is -2.46. The van der Waals surface area contributed by atoms with Crippen LogP contribution in [0.2, 0.25) is 0 Å². The third-order valence-electron chi connectivity index (χ3n) is 4.74. The summed E-state index contributed by atoms with van der Waals surface area (Å²) in [6.07, 6.45) is 3.73. The summed E-state index contributed by atoms with van der Waals surface area (Å²) in [5.74, 6) is -0.451. The average Bonchev–Trinajstić information content (AvgIpc) is 2.69. The van der Waals surface area contributed by atoms with Gasteiger partial charge in [0.25, 0.3) is 0 Å². The van der Waals surface area contributed by atoms with Crippen molar-refractivity contribution in [2.45, 2.75) is 32.7 Å². The summed E-state index contributed by atoms with van der Waals surface area (Å²) in [5.41, 5.74) is 2.67. The van der Waals surface area contributed by atoms with Gasteiger partial charge < -0.3 is 4.74 Å². The molecule has 0 N–H and O–H groups in total. The topological polar surface area (TPSA) is 46.6 Å². The van der Waals surface area contributed by atoms with Crippen molar-refractivity contribution in [2.75, 3.05) is 19.7 Å². The van der Waals surface area contributed by atoms with Crippen LogP contribution in [-0.2, 0) is 11.3 Å². The van der Waals surface area contributed by atoms with Gasteiger partial charge >= 0.3 is 5.97 Å². The molecule has 2 aromatic rings. The van der Waals surface area contributed by atoms with E-state index in [1.54, 1.807) is 31.2 Å². The number of benzene rings is 2. The van der Waals surface area contributed by atoms with Crippen molar-refractivity contribution in [1.29, 1.82) is 0 Å². The molecule has 1 fully saturated rings. The van der Waals surface area contributed by atoms with Gasteiger partial charge in [-0.15, -0.1) is 0 Å². The van der Waals surface area contributed by atoms with E-state index in [9.17, 15) is 9.59 Å². The van der Waals surface area contributed by atoms with Crippen molar-refractivity contribution < 1.29 is 14.3 Å². The van der Waals surface area contributed by atoms with Crippen LogP contribution in [0.25, 0.3) is 0 Å². The minimum absolute atomic E-state index is 0.0521. The molecular weight excluding hydrogens is 326 g/mol. The van der Waals surface area contributed by atoms with Gasteiger partial charge in [0, 0.05) is 17.7 Å². The quantitative estimate of drug-likeness (QED) is 0.581. The Labute approximate surface area is 154 Å². The average molecular weight is 351 g/mol. The van der Waals surface area contributed by atoms with Crippen LogP contribution in [0.5, 0.6) is 0 Å². The third kappa shape index (κ3) is 4.38. The normalized spacial score (nSPS) is 14.8. The van der Waals surface area contributed by atoms with Gasteiger partial charge in [0.15, 0.2) is 5.78 Å². The zero-order chi connectivity index (χ0) is 18.4. The molecule has 0 aromatic heterocycles. The minimum Gasteiger partial charge on any atom is -0.462 e. The lowest BCUT2D eigenvalue weighted by atomic mass is 9.96. The minimum atomic E-state index is -0.399. The summed E-state index contributed by atoms with van der Waals surface area (Å²) < 4.78 is 5.04.